The summed E-state index contributed by atoms with van der Waals surface area (Å²) in [4.78, 5) is 23.1. The lowest BCUT2D eigenvalue weighted by Crippen LogP contribution is -2.15. The van der Waals surface area contributed by atoms with Gasteiger partial charge in [0.05, 0.1) is 11.7 Å². The molecule has 2 rings (SSSR count). The molecule has 1 aromatic heterocycles. The Hall–Kier alpha value is -2.14. The van der Waals surface area contributed by atoms with Gasteiger partial charge in [-0.05, 0) is 44.4 Å². The summed E-state index contributed by atoms with van der Waals surface area (Å²) in [7, 11) is 0. The van der Waals surface area contributed by atoms with Gasteiger partial charge in [-0.2, -0.15) is 0 Å². The maximum Gasteiger partial charge on any atom is 0.339 e. The zero-order valence-corrected chi connectivity index (χ0v) is 12.8. The third-order valence-corrected chi connectivity index (χ3v) is 3.70. The van der Waals surface area contributed by atoms with Crippen molar-refractivity contribution >= 4 is 17.3 Å². The van der Waals surface area contributed by atoms with Gasteiger partial charge in [0.25, 0.3) is 0 Å². The summed E-state index contributed by atoms with van der Waals surface area (Å²) in [6.45, 7) is 4.63. The van der Waals surface area contributed by atoms with Crippen LogP contribution in [0.25, 0.3) is 11.0 Å². The number of benzene rings is 1. The first-order valence-electron chi connectivity index (χ1n) is 7.46. The summed E-state index contributed by atoms with van der Waals surface area (Å²) in [6, 6.07) is 4.76. The summed E-state index contributed by atoms with van der Waals surface area (Å²) in [5.74, 6) is -0.194. The minimum atomic E-state index is -0.479. The first-order valence-corrected chi connectivity index (χ1v) is 7.46. The maximum absolute atomic E-state index is 12.1. The molecule has 5 nitrogen and oxygen atoms in total. The Morgan fingerprint density at radius 1 is 1.36 bits per heavy atom. The second kappa shape index (κ2) is 7.22. The number of ether oxygens (including phenoxy) is 1. The summed E-state index contributed by atoms with van der Waals surface area (Å²) in [6.07, 6.45) is 2.77. The van der Waals surface area contributed by atoms with E-state index < -0.39 is 5.63 Å². The molecule has 0 saturated carbocycles. The molecule has 1 unspecified atom stereocenters. The highest BCUT2D eigenvalue weighted by molar-refractivity contribution is 5.97. The zero-order chi connectivity index (χ0) is 16.1. The van der Waals surface area contributed by atoms with Crippen LogP contribution in [0.3, 0.4) is 0 Å². The van der Waals surface area contributed by atoms with Crippen LogP contribution in [0, 0.1) is 0 Å². The minimum Gasteiger partial charge on any atom is -0.507 e. The largest absolute Gasteiger partial charge is 0.507 e. The van der Waals surface area contributed by atoms with Gasteiger partial charge in [0.1, 0.15) is 5.75 Å². The number of carbonyl (C=O) groups is 1. The fourth-order valence-corrected chi connectivity index (χ4v) is 2.48. The number of carbonyl (C=O) groups excluding carboxylic acids is 1. The Balaban J connectivity index is 2.33. The average Bonchev–Trinajstić information content (AvgIpc) is 2.51. The summed E-state index contributed by atoms with van der Waals surface area (Å²) >= 11 is 0. The molecule has 22 heavy (non-hydrogen) atoms. The maximum atomic E-state index is 12.1. The summed E-state index contributed by atoms with van der Waals surface area (Å²) in [5, 5.41) is 10.3. The van der Waals surface area contributed by atoms with E-state index in [9.17, 15) is 14.7 Å². The fourth-order valence-electron chi connectivity index (χ4n) is 2.48. The molecule has 0 aliphatic carbocycles. The van der Waals surface area contributed by atoms with Gasteiger partial charge in [-0.1, -0.05) is 6.92 Å². The molecule has 0 aliphatic heterocycles. The van der Waals surface area contributed by atoms with E-state index in [1.807, 2.05) is 13.8 Å². The van der Waals surface area contributed by atoms with Crippen LogP contribution in [0.4, 0.5) is 0 Å². The van der Waals surface area contributed by atoms with E-state index in [-0.39, 0.29) is 23.0 Å². The second-order valence-electron chi connectivity index (χ2n) is 5.12. The number of fused-ring (bicyclic) bond motifs is 1. The van der Waals surface area contributed by atoms with Gasteiger partial charge in [-0.3, -0.25) is 4.79 Å². The highest BCUT2D eigenvalue weighted by atomic mass is 16.5. The Labute approximate surface area is 128 Å². The molecular formula is C17H20O5. The number of hydrogen-bond acceptors (Lipinski definition) is 5. The Morgan fingerprint density at radius 3 is 2.77 bits per heavy atom. The lowest BCUT2D eigenvalue weighted by atomic mass is 10.0. The van der Waals surface area contributed by atoms with Gasteiger partial charge in [-0.15, -0.1) is 0 Å². The molecule has 0 saturated heterocycles. The van der Waals surface area contributed by atoms with Crippen molar-refractivity contribution in [2.45, 2.75) is 39.2 Å². The molecule has 1 atom stereocenters. The molecule has 0 amide bonds. The van der Waals surface area contributed by atoms with Gasteiger partial charge >= 0.3 is 5.63 Å². The van der Waals surface area contributed by atoms with Crippen molar-refractivity contribution in [2.24, 2.45) is 0 Å². The van der Waals surface area contributed by atoms with E-state index >= 15 is 0 Å². The van der Waals surface area contributed by atoms with Gasteiger partial charge in [0, 0.05) is 17.6 Å². The van der Waals surface area contributed by atoms with Crippen LogP contribution in [0.2, 0.25) is 0 Å². The smallest absolute Gasteiger partial charge is 0.339 e. The van der Waals surface area contributed by atoms with Gasteiger partial charge in [-0.25, -0.2) is 4.79 Å². The topological polar surface area (TPSA) is 76.7 Å². The summed E-state index contributed by atoms with van der Waals surface area (Å²) in [5.41, 5.74) is 0.197. The van der Waals surface area contributed by atoms with Crippen LogP contribution in [0.1, 0.15) is 42.6 Å². The third kappa shape index (κ3) is 3.36. The normalized spacial score (nSPS) is 12.5. The monoisotopic (exact) mass is 304 g/mol. The molecule has 0 bridgehead atoms. The molecular weight excluding hydrogens is 284 g/mol. The van der Waals surface area contributed by atoms with E-state index in [4.69, 9.17) is 9.15 Å². The molecule has 118 valence electrons. The van der Waals surface area contributed by atoms with Crippen LogP contribution < -0.4 is 5.63 Å². The van der Waals surface area contributed by atoms with E-state index in [0.29, 0.717) is 30.3 Å². The molecule has 2 aromatic rings. The van der Waals surface area contributed by atoms with Crippen LogP contribution in [-0.2, 0) is 11.2 Å². The predicted molar refractivity (Wildman–Crippen MR) is 83.6 cm³/mol. The zero-order valence-electron chi connectivity index (χ0n) is 12.8. The van der Waals surface area contributed by atoms with Gasteiger partial charge in [0.15, 0.2) is 11.9 Å². The van der Waals surface area contributed by atoms with Crippen molar-refractivity contribution in [3.63, 3.8) is 0 Å². The molecule has 1 aromatic carbocycles. The van der Waals surface area contributed by atoms with Crippen molar-refractivity contribution in [2.75, 3.05) is 6.61 Å². The van der Waals surface area contributed by atoms with Crippen LogP contribution >= 0.6 is 0 Å². The van der Waals surface area contributed by atoms with Crippen molar-refractivity contribution in [1.82, 2.24) is 0 Å². The van der Waals surface area contributed by atoms with E-state index in [1.165, 1.54) is 6.07 Å². The first kappa shape index (κ1) is 16.2. The molecule has 0 fully saturated rings. The molecule has 0 radical (unpaired) electrons. The standard InChI is InChI=1S/C17H20O5/c1-3-13(21-4-2)7-5-12-9-11-6-8-15(19)14(10-18)16(11)22-17(12)20/h6,8-10,13,19H,3-5,7H2,1-2H3. The number of phenolic OH excluding ortho intramolecular Hbond substituents is 1. The van der Waals surface area contributed by atoms with Crippen molar-refractivity contribution in [3.05, 3.63) is 39.7 Å². The fraction of sp³-hybridized carbons (Fsp3) is 0.412. The lowest BCUT2D eigenvalue weighted by molar-refractivity contribution is 0.0544. The van der Waals surface area contributed by atoms with Crippen molar-refractivity contribution < 1.29 is 19.1 Å². The number of aldehydes is 1. The van der Waals surface area contributed by atoms with Gasteiger partial charge in [0.2, 0.25) is 0 Å². The molecule has 1 heterocycles. The highest BCUT2D eigenvalue weighted by Gasteiger charge is 2.13. The van der Waals surface area contributed by atoms with Crippen LogP contribution in [0.15, 0.2) is 27.4 Å². The molecule has 1 N–H and O–H groups in total. The quantitative estimate of drug-likeness (QED) is 0.628. The van der Waals surface area contributed by atoms with Crippen LogP contribution in [-0.4, -0.2) is 24.1 Å². The molecule has 0 spiro atoms. The van der Waals surface area contributed by atoms with E-state index in [0.717, 1.165) is 12.8 Å². The highest BCUT2D eigenvalue weighted by Crippen LogP contribution is 2.25. The SMILES string of the molecule is CCOC(CC)CCc1cc2ccc(O)c(C=O)c2oc1=O. The Morgan fingerprint density at radius 2 is 2.14 bits per heavy atom. The van der Waals surface area contributed by atoms with E-state index in [2.05, 4.69) is 0 Å². The predicted octanol–water partition coefficient (Wildman–Crippen LogP) is 3.06. The average molecular weight is 304 g/mol. The van der Waals surface area contributed by atoms with Gasteiger partial charge < -0.3 is 14.3 Å². The molecule has 5 heteroatoms. The number of aryl methyl sites for hydroxylation is 1. The number of phenols is 1. The Bertz CT molecular complexity index is 717. The lowest BCUT2D eigenvalue weighted by Gasteiger charge is -2.14. The second-order valence-corrected chi connectivity index (χ2v) is 5.12. The number of aromatic hydroxyl groups is 1. The minimum absolute atomic E-state index is 0.00176. The van der Waals surface area contributed by atoms with E-state index in [1.54, 1.807) is 12.1 Å². The summed E-state index contributed by atoms with van der Waals surface area (Å²) < 4.78 is 10.8. The van der Waals surface area contributed by atoms with Crippen LogP contribution in [0.5, 0.6) is 5.75 Å². The number of hydrogen-bond donors (Lipinski definition) is 1. The van der Waals surface area contributed by atoms with Crippen molar-refractivity contribution in [3.8, 4) is 5.75 Å². The Kier molecular flexibility index (Phi) is 5.33. The number of rotatable bonds is 7. The molecule has 0 aliphatic rings. The first-order chi connectivity index (χ1) is 10.6. The third-order valence-electron chi connectivity index (χ3n) is 3.70. The van der Waals surface area contributed by atoms with Crippen molar-refractivity contribution in [1.29, 1.82) is 0 Å².